The molecule has 0 aliphatic carbocycles. The molecule has 3 nitrogen and oxygen atoms in total. The average molecular weight is 285 g/mol. The predicted octanol–water partition coefficient (Wildman–Crippen LogP) is 2.89. The Hall–Kier alpha value is -1.33. The van der Waals surface area contributed by atoms with Crippen molar-refractivity contribution in [1.29, 1.82) is 0 Å². The van der Waals surface area contributed by atoms with Gasteiger partial charge in [0.05, 0.1) is 18.2 Å². The zero-order valence-corrected chi connectivity index (χ0v) is 12.3. The van der Waals surface area contributed by atoms with Crippen LogP contribution in [0.1, 0.15) is 31.1 Å². The zero-order valence-electron chi connectivity index (χ0n) is 12.3. The molecule has 0 aromatic heterocycles. The summed E-state index contributed by atoms with van der Waals surface area (Å²) in [6.07, 6.45) is 0. The number of rotatable bonds is 7. The van der Waals surface area contributed by atoms with Gasteiger partial charge in [0, 0.05) is 25.8 Å². The fourth-order valence-electron chi connectivity index (χ4n) is 2.16. The normalized spacial score (nSPS) is 13.0. The number of carbonyl (C=O) groups excluding carboxylic acids is 1. The maximum absolute atomic E-state index is 13.7. The van der Waals surface area contributed by atoms with E-state index in [0.717, 1.165) is 12.1 Å². The van der Waals surface area contributed by atoms with E-state index in [2.05, 4.69) is 0 Å². The number of methoxy groups -OCH3 is 1. The summed E-state index contributed by atoms with van der Waals surface area (Å²) >= 11 is 0. The van der Waals surface area contributed by atoms with Crippen LogP contribution in [0.4, 0.5) is 8.78 Å². The monoisotopic (exact) mass is 285 g/mol. The minimum atomic E-state index is -0.822. The smallest absolute Gasteiger partial charge is 0.182 e. The number of nitrogens with zero attached hydrogens (tertiary/aromatic N) is 1. The maximum Gasteiger partial charge on any atom is 0.182 e. The molecular formula is C15H21F2NO2. The van der Waals surface area contributed by atoms with Gasteiger partial charge in [-0.3, -0.25) is 9.69 Å². The molecular weight excluding hydrogens is 264 g/mol. The summed E-state index contributed by atoms with van der Waals surface area (Å²) in [5, 5.41) is 0. The quantitative estimate of drug-likeness (QED) is 0.721. The van der Waals surface area contributed by atoms with Gasteiger partial charge in [-0.2, -0.15) is 0 Å². The molecule has 0 aliphatic heterocycles. The Morgan fingerprint density at radius 3 is 2.45 bits per heavy atom. The Morgan fingerprint density at radius 2 is 1.95 bits per heavy atom. The molecule has 0 spiro atoms. The molecule has 0 saturated carbocycles. The summed E-state index contributed by atoms with van der Waals surface area (Å²) in [7, 11) is 1.59. The van der Waals surface area contributed by atoms with Crippen LogP contribution in [0.5, 0.6) is 0 Å². The van der Waals surface area contributed by atoms with Crippen LogP contribution in [0.2, 0.25) is 0 Å². The van der Waals surface area contributed by atoms with Crippen LogP contribution in [0.15, 0.2) is 18.2 Å². The minimum absolute atomic E-state index is 0.0815. The molecule has 0 heterocycles. The van der Waals surface area contributed by atoms with Crippen LogP contribution < -0.4 is 0 Å². The number of halogens is 2. The number of hydrogen-bond acceptors (Lipinski definition) is 3. The summed E-state index contributed by atoms with van der Waals surface area (Å²) in [6, 6.07) is 2.64. The van der Waals surface area contributed by atoms with Gasteiger partial charge in [-0.05, 0) is 32.9 Å². The van der Waals surface area contributed by atoms with Gasteiger partial charge in [-0.1, -0.05) is 0 Å². The largest absolute Gasteiger partial charge is 0.383 e. The maximum atomic E-state index is 13.7. The second-order valence-corrected chi connectivity index (χ2v) is 4.99. The van der Waals surface area contributed by atoms with Crippen LogP contribution in [0.3, 0.4) is 0 Å². The van der Waals surface area contributed by atoms with Crippen molar-refractivity contribution in [3.8, 4) is 0 Å². The zero-order chi connectivity index (χ0) is 15.3. The van der Waals surface area contributed by atoms with E-state index < -0.39 is 17.7 Å². The second kappa shape index (κ2) is 7.45. The Morgan fingerprint density at radius 1 is 1.30 bits per heavy atom. The van der Waals surface area contributed by atoms with Gasteiger partial charge in [0.1, 0.15) is 11.6 Å². The summed E-state index contributed by atoms with van der Waals surface area (Å²) in [4.78, 5) is 14.3. The predicted molar refractivity (Wildman–Crippen MR) is 73.9 cm³/mol. The van der Waals surface area contributed by atoms with Crippen molar-refractivity contribution in [3.05, 3.63) is 35.4 Å². The van der Waals surface area contributed by atoms with Crippen molar-refractivity contribution in [2.45, 2.75) is 32.9 Å². The van der Waals surface area contributed by atoms with E-state index in [1.165, 1.54) is 6.07 Å². The molecule has 1 aromatic rings. The van der Waals surface area contributed by atoms with Gasteiger partial charge >= 0.3 is 0 Å². The fraction of sp³-hybridized carbons (Fsp3) is 0.533. The van der Waals surface area contributed by atoms with E-state index in [9.17, 15) is 13.6 Å². The summed E-state index contributed by atoms with van der Waals surface area (Å²) in [5.41, 5.74) is -0.0815. The van der Waals surface area contributed by atoms with E-state index >= 15 is 0 Å². The van der Waals surface area contributed by atoms with E-state index in [1.807, 2.05) is 18.7 Å². The fourth-order valence-corrected chi connectivity index (χ4v) is 2.16. The second-order valence-electron chi connectivity index (χ2n) is 4.99. The molecule has 0 bridgehead atoms. The van der Waals surface area contributed by atoms with Gasteiger partial charge in [0.25, 0.3) is 0 Å². The summed E-state index contributed by atoms with van der Waals surface area (Å²) in [5.74, 6) is -1.86. The summed E-state index contributed by atoms with van der Waals surface area (Å²) < 4.78 is 31.6. The molecule has 1 aromatic carbocycles. The first-order valence-electron chi connectivity index (χ1n) is 6.62. The molecule has 0 N–H and O–H groups in total. The Kier molecular flexibility index (Phi) is 6.23. The topological polar surface area (TPSA) is 29.5 Å². The van der Waals surface area contributed by atoms with Gasteiger partial charge in [-0.15, -0.1) is 0 Å². The molecule has 5 heteroatoms. The lowest BCUT2D eigenvalue weighted by molar-refractivity contribution is 0.0694. The minimum Gasteiger partial charge on any atom is -0.383 e. The molecule has 0 aliphatic rings. The van der Waals surface area contributed by atoms with Crippen molar-refractivity contribution in [2.75, 3.05) is 20.3 Å². The molecule has 0 saturated heterocycles. The molecule has 112 valence electrons. The van der Waals surface area contributed by atoms with Gasteiger partial charge in [0.2, 0.25) is 0 Å². The molecule has 0 fully saturated rings. The van der Waals surface area contributed by atoms with E-state index in [1.54, 1.807) is 14.0 Å². The van der Waals surface area contributed by atoms with Crippen molar-refractivity contribution in [2.24, 2.45) is 0 Å². The van der Waals surface area contributed by atoms with Crippen molar-refractivity contribution in [3.63, 3.8) is 0 Å². The third kappa shape index (κ3) is 4.08. The van der Waals surface area contributed by atoms with Gasteiger partial charge in [0.15, 0.2) is 5.78 Å². The third-order valence-electron chi connectivity index (χ3n) is 3.29. The first-order valence-corrected chi connectivity index (χ1v) is 6.62. The Bertz CT molecular complexity index is 463. The number of hydrogen-bond donors (Lipinski definition) is 0. The molecule has 0 radical (unpaired) electrons. The average Bonchev–Trinajstić information content (AvgIpc) is 2.37. The van der Waals surface area contributed by atoms with E-state index in [0.29, 0.717) is 13.2 Å². The molecule has 0 amide bonds. The number of carbonyl (C=O) groups is 1. The highest BCUT2D eigenvalue weighted by Crippen LogP contribution is 2.16. The Labute approximate surface area is 118 Å². The van der Waals surface area contributed by atoms with E-state index in [-0.39, 0.29) is 17.4 Å². The SMILES string of the molecule is COCCN(C(C)C)C(C)C(=O)c1ccc(F)cc1F. The lowest BCUT2D eigenvalue weighted by Gasteiger charge is -2.31. The number of ketones is 1. The van der Waals surface area contributed by atoms with Crippen molar-refractivity contribution in [1.82, 2.24) is 4.90 Å². The molecule has 20 heavy (non-hydrogen) atoms. The molecule has 1 rings (SSSR count). The van der Waals surface area contributed by atoms with Crippen LogP contribution in [0.25, 0.3) is 0 Å². The Balaban J connectivity index is 2.93. The van der Waals surface area contributed by atoms with Crippen LogP contribution >= 0.6 is 0 Å². The third-order valence-corrected chi connectivity index (χ3v) is 3.29. The molecule has 1 atom stereocenters. The lowest BCUT2D eigenvalue weighted by atomic mass is 10.0. The van der Waals surface area contributed by atoms with Gasteiger partial charge in [-0.25, -0.2) is 8.78 Å². The van der Waals surface area contributed by atoms with Crippen LogP contribution in [-0.4, -0.2) is 43.0 Å². The summed E-state index contributed by atoms with van der Waals surface area (Å²) in [6.45, 7) is 6.70. The number of Topliss-reactive ketones (excluding diaryl/α,β-unsaturated/α-hetero) is 1. The van der Waals surface area contributed by atoms with Crippen LogP contribution in [-0.2, 0) is 4.74 Å². The molecule has 1 unspecified atom stereocenters. The van der Waals surface area contributed by atoms with Crippen molar-refractivity contribution < 1.29 is 18.3 Å². The highest BCUT2D eigenvalue weighted by Gasteiger charge is 2.26. The van der Waals surface area contributed by atoms with Gasteiger partial charge < -0.3 is 4.74 Å². The van der Waals surface area contributed by atoms with Crippen molar-refractivity contribution >= 4 is 5.78 Å². The number of ether oxygens (including phenoxy) is 1. The lowest BCUT2D eigenvalue weighted by Crippen LogP contribution is -2.45. The number of benzene rings is 1. The standard InChI is InChI=1S/C15H21F2NO2/c1-10(2)18(7-8-20-4)11(3)15(19)13-6-5-12(16)9-14(13)17/h5-6,9-11H,7-8H2,1-4H3. The van der Waals surface area contributed by atoms with Crippen LogP contribution in [0, 0.1) is 11.6 Å². The first-order chi connectivity index (χ1) is 9.38. The van der Waals surface area contributed by atoms with E-state index in [4.69, 9.17) is 4.74 Å². The highest BCUT2D eigenvalue weighted by molar-refractivity contribution is 6.00. The highest BCUT2D eigenvalue weighted by atomic mass is 19.1. The first kappa shape index (κ1) is 16.7.